The highest BCUT2D eigenvalue weighted by Gasteiger charge is 2.13. The van der Waals surface area contributed by atoms with Crippen LogP contribution in [0.3, 0.4) is 0 Å². The molecule has 0 bridgehead atoms. The molecule has 0 amide bonds. The summed E-state index contributed by atoms with van der Waals surface area (Å²) >= 11 is 0. The van der Waals surface area contributed by atoms with Gasteiger partial charge >= 0.3 is 0 Å². The zero-order valence-corrected chi connectivity index (χ0v) is 7.21. The third kappa shape index (κ3) is 1.48. The number of rotatable bonds is 2. The first-order valence-electron chi connectivity index (χ1n) is 3.97. The number of aliphatic hydroxyl groups is 1. The third-order valence-electron chi connectivity index (χ3n) is 1.87. The molecule has 1 unspecified atom stereocenters. The SMILES string of the molecule is Cn1ccc(C(O)c2ccoc2)n1. The molecule has 1 atom stereocenters. The van der Waals surface area contributed by atoms with E-state index in [0.29, 0.717) is 5.69 Å². The Hall–Kier alpha value is -1.55. The number of hydrogen-bond acceptors (Lipinski definition) is 3. The van der Waals surface area contributed by atoms with Gasteiger partial charge in [-0.15, -0.1) is 0 Å². The van der Waals surface area contributed by atoms with Gasteiger partial charge in [-0.25, -0.2) is 0 Å². The highest BCUT2D eigenvalue weighted by Crippen LogP contribution is 2.19. The van der Waals surface area contributed by atoms with Crippen molar-refractivity contribution < 1.29 is 9.52 Å². The van der Waals surface area contributed by atoms with Crippen molar-refractivity contribution in [3.63, 3.8) is 0 Å². The minimum absolute atomic E-state index is 0.629. The molecule has 2 heterocycles. The van der Waals surface area contributed by atoms with Crippen molar-refractivity contribution in [2.45, 2.75) is 6.10 Å². The molecule has 4 nitrogen and oxygen atoms in total. The van der Waals surface area contributed by atoms with Crippen molar-refractivity contribution in [2.75, 3.05) is 0 Å². The first-order chi connectivity index (χ1) is 6.27. The lowest BCUT2D eigenvalue weighted by Crippen LogP contribution is -2.00. The van der Waals surface area contributed by atoms with Gasteiger partial charge in [0.2, 0.25) is 0 Å². The van der Waals surface area contributed by atoms with Crippen LogP contribution in [0.4, 0.5) is 0 Å². The predicted molar refractivity (Wildman–Crippen MR) is 46.0 cm³/mol. The molecule has 0 saturated heterocycles. The molecule has 0 saturated carbocycles. The molecule has 2 rings (SSSR count). The van der Waals surface area contributed by atoms with E-state index in [0.717, 1.165) is 5.56 Å². The van der Waals surface area contributed by atoms with E-state index in [1.165, 1.54) is 12.5 Å². The molecule has 0 spiro atoms. The van der Waals surface area contributed by atoms with Crippen LogP contribution in [0, 0.1) is 0 Å². The third-order valence-corrected chi connectivity index (χ3v) is 1.87. The van der Waals surface area contributed by atoms with Gasteiger partial charge in [0.05, 0.1) is 18.2 Å². The second kappa shape index (κ2) is 3.06. The van der Waals surface area contributed by atoms with Gasteiger partial charge in [0.1, 0.15) is 6.10 Å². The smallest absolute Gasteiger partial charge is 0.126 e. The highest BCUT2D eigenvalue weighted by atomic mass is 16.3. The average molecular weight is 178 g/mol. The molecular formula is C9H10N2O2. The fourth-order valence-corrected chi connectivity index (χ4v) is 1.18. The topological polar surface area (TPSA) is 51.2 Å². The van der Waals surface area contributed by atoms with Crippen molar-refractivity contribution in [3.05, 3.63) is 42.1 Å². The number of aliphatic hydroxyl groups excluding tert-OH is 1. The molecule has 0 fully saturated rings. The number of aromatic nitrogens is 2. The minimum atomic E-state index is -0.694. The summed E-state index contributed by atoms with van der Waals surface area (Å²) in [6, 6.07) is 3.50. The number of nitrogens with zero attached hydrogens (tertiary/aromatic N) is 2. The zero-order valence-electron chi connectivity index (χ0n) is 7.21. The predicted octanol–water partition coefficient (Wildman–Crippen LogP) is 1.09. The van der Waals surface area contributed by atoms with Crippen molar-refractivity contribution in [1.29, 1.82) is 0 Å². The summed E-state index contributed by atoms with van der Waals surface area (Å²) in [5.41, 5.74) is 1.35. The first kappa shape index (κ1) is 8.07. The molecule has 0 radical (unpaired) electrons. The standard InChI is InChI=1S/C9H10N2O2/c1-11-4-2-8(10-11)9(12)7-3-5-13-6-7/h2-6,9,12H,1H3. The lowest BCUT2D eigenvalue weighted by Gasteiger charge is -2.02. The van der Waals surface area contributed by atoms with E-state index >= 15 is 0 Å². The summed E-state index contributed by atoms with van der Waals surface area (Å²) in [6.07, 6.45) is 4.14. The lowest BCUT2D eigenvalue weighted by molar-refractivity contribution is 0.213. The van der Waals surface area contributed by atoms with E-state index in [-0.39, 0.29) is 0 Å². The molecule has 0 aliphatic heterocycles. The molecule has 0 aromatic carbocycles. The van der Waals surface area contributed by atoms with E-state index in [1.807, 2.05) is 7.05 Å². The maximum Gasteiger partial charge on any atom is 0.126 e. The molecule has 4 heteroatoms. The minimum Gasteiger partial charge on any atom is -0.472 e. The Morgan fingerprint density at radius 3 is 2.92 bits per heavy atom. The van der Waals surface area contributed by atoms with Crippen LogP contribution in [0.5, 0.6) is 0 Å². The molecule has 13 heavy (non-hydrogen) atoms. The molecule has 0 aliphatic rings. The molecule has 68 valence electrons. The van der Waals surface area contributed by atoms with Gasteiger partial charge in [-0.1, -0.05) is 0 Å². The fourth-order valence-electron chi connectivity index (χ4n) is 1.18. The average Bonchev–Trinajstić information content (AvgIpc) is 2.72. The second-order valence-corrected chi connectivity index (χ2v) is 2.87. The summed E-state index contributed by atoms with van der Waals surface area (Å²) in [4.78, 5) is 0. The van der Waals surface area contributed by atoms with E-state index < -0.39 is 6.10 Å². The van der Waals surface area contributed by atoms with Gasteiger partial charge in [-0.05, 0) is 12.1 Å². The van der Waals surface area contributed by atoms with Gasteiger partial charge in [-0.2, -0.15) is 5.10 Å². The first-order valence-corrected chi connectivity index (χ1v) is 3.97. The van der Waals surface area contributed by atoms with Crippen molar-refractivity contribution >= 4 is 0 Å². The Labute approximate surface area is 75.4 Å². The summed E-state index contributed by atoms with van der Waals surface area (Å²) in [5, 5.41) is 13.8. The van der Waals surface area contributed by atoms with Crippen molar-refractivity contribution in [2.24, 2.45) is 7.05 Å². The van der Waals surface area contributed by atoms with Crippen molar-refractivity contribution in [1.82, 2.24) is 9.78 Å². The van der Waals surface area contributed by atoms with E-state index in [4.69, 9.17) is 4.42 Å². The summed E-state index contributed by atoms with van der Waals surface area (Å²) in [5.74, 6) is 0. The molecule has 2 aromatic rings. The van der Waals surface area contributed by atoms with Crippen LogP contribution in [0.25, 0.3) is 0 Å². The van der Waals surface area contributed by atoms with Crippen LogP contribution >= 0.6 is 0 Å². The zero-order chi connectivity index (χ0) is 9.26. The Bertz CT molecular complexity index is 378. The summed E-state index contributed by atoms with van der Waals surface area (Å²) in [7, 11) is 1.81. The monoisotopic (exact) mass is 178 g/mol. The summed E-state index contributed by atoms with van der Waals surface area (Å²) in [6.45, 7) is 0. The van der Waals surface area contributed by atoms with E-state index in [2.05, 4.69) is 5.10 Å². The molecular weight excluding hydrogens is 168 g/mol. The number of aryl methyl sites for hydroxylation is 1. The lowest BCUT2D eigenvalue weighted by atomic mass is 10.1. The van der Waals surface area contributed by atoms with Crippen LogP contribution in [-0.4, -0.2) is 14.9 Å². The Morgan fingerprint density at radius 2 is 2.38 bits per heavy atom. The van der Waals surface area contributed by atoms with Gasteiger partial charge in [0.25, 0.3) is 0 Å². The van der Waals surface area contributed by atoms with Crippen LogP contribution < -0.4 is 0 Å². The number of hydrogen-bond donors (Lipinski definition) is 1. The highest BCUT2D eigenvalue weighted by molar-refractivity contribution is 5.20. The molecule has 1 N–H and O–H groups in total. The Balaban J connectivity index is 2.28. The maximum absolute atomic E-state index is 9.76. The van der Waals surface area contributed by atoms with Crippen LogP contribution in [0.2, 0.25) is 0 Å². The number of furan rings is 1. The van der Waals surface area contributed by atoms with Crippen LogP contribution in [0.15, 0.2) is 35.3 Å². The Kier molecular flexibility index (Phi) is 1.90. The van der Waals surface area contributed by atoms with Crippen molar-refractivity contribution in [3.8, 4) is 0 Å². The van der Waals surface area contributed by atoms with E-state index in [1.54, 1.807) is 23.0 Å². The van der Waals surface area contributed by atoms with Gasteiger partial charge in [0.15, 0.2) is 0 Å². The van der Waals surface area contributed by atoms with E-state index in [9.17, 15) is 5.11 Å². The normalized spacial score (nSPS) is 13.1. The Morgan fingerprint density at radius 1 is 1.54 bits per heavy atom. The van der Waals surface area contributed by atoms with Gasteiger partial charge in [-0.3, -0.25) is 4.68 Å². The van der Waals surface area contributed by atoms with Crippen LogP contribution in [0.1, 0.15) is 17.4 Å². The van der Waals surface area contributed by atoms with Gasteiger partial charge < -0.3 is 9.52 Å². The van der Waals surface area contributed by atoms with Gasteiger partial charge in [0, 0.05) is 18.8 Å². The maximum atomic E-state index is 9.76. The second-order valence-electron chi connectivity index (χ2n) is 2.87. The fraction of sp³-hybridized carbons (Fsp3) is 0.222. The quantitative estimate of drug-likeness (QED) is 0.749. The summed E-state index contributed by atoms with van der Waals surface area (Å²) < 4.78 is 6.52. The molecule has 0 aliphatic carbocycles. The largest absolute Gasteiger partial charge is 0.472 e. The van der Waals surface area contributed by atoms with Crippen LogP contribution in [-0.2, 0) is 7.05 Å². The molecule has 2 aromatic heterocycles.